The number of aliphatic carboxylic acids is 1. The van der Waals surface area contributed by atoms with Gasteiger partial charge in [-0.15, -0.1) is 11.8 Å². The summed E-state index contributed by atoms with van der Waals surface area (Å²) in [6.07, 6.45) is -0.555. The molecule has 2 amide bonds. The number of nitrogens with one attached hydrogen (secondary N) is 1. The summed E-state index contributed by atoms with van der Waals surface area (Å²) in [6, 6.07) is -1.70. The lowest BCUT2D eigenvalue weighted by molar-refractivity contribution is -0.164. The Morgan fingerprint density at radius 1 is 1.31 bits per heavy atom. The minimum absolute atomic E-state index is 0.228. The Morgan fingerprint density at radius 2 is 1.92 bits per heavy atom. The lowest BCUT2D eigenvalue weighted by Crippen LogP contribution is -2.70. The number of carbonyl (C=O) groups is 4. The van der Waals surface area contributed by atoms with E-state index in [1.54, 1.807) is 13.8 Å². The second kappa shape index (κ2) is 7.61. The van der Waals surface area contributed by atoms with Gasteiger partial charge in [0.15, 0.2) is 0 Å². The van der Waals surface area contributed by atoms with E-state index in [0.29, 0.717) is 0 Å². The molecule has 2 aliphatic heterocycles. The molecule has 0 radical (unpaired) electrons. The Balaban J connectivity index is 2.02. The third kappa shape index (κ3) is 4.68. The lowest BCUT2D eigenvalue weighted by Gasteiger charge is -2.44. The standard InChI is InChI=1S/C14H17Cl3N2O6S/c1-13(2)9(12(24)25-5-14(15,16)17)19-10(23)8(11(19)26-13)18-6(20)3-4-7(21)22/h8-9,11H,3-5H2,1-2H3,(H,18,20)(H,21,22)/t8-,9+,11-/m1/s1. The largest absolute Gasteiger partial charge is 0.481 e. The molecule has 2 fully saturated rings. The molecule has 0 spiro atoms. The predicted octanol–water partition coefficient (Wildman–Crippen LogP) is 1.31. The molecule has 0 aromatic carbocycles. The van der Waals surface area contributed by atoms with Crippen LogP contribution in [0.25, 0.3) is 0 Å². The van der Waals surface area contributed by atoms with Crippen LogP contribution >= 0.6 is 46.6 Å². The summed E-state index contributed by atoms with van der Waals surface area (Å²) in [6.45, 7) is 3.09. The van der Waals surface area contributed by atoms with Crippen LogP contribution in [0.4, 0.5) is 0 Å². The third-order valence-corrected chi connectivity index (χ3v) is 5.82. The number of rotatable bonds is 6. The second-order valence-corrected chi connectivity index (χ2v) is 10.7. The van der Waals surface area contributed by atoms with Crippen molar-refractivity contribution in [1.29, 1.82) is 0 Å². The summed E-state index contributed by atoms with van der Waals surface area (Å²) >= 11 is 18.1. The van der Waals surface area contributed by atoms with E-state index in [1.807, 2.05) is 0 Å². The van der Waals surface area contributed by atoms with E-state index in [-0.39, 0.29) is 12.8 Å². The number of nitrogens with zero attached hydrogens (tertiary/aromatic N) is 1. The van der Waals surface area contributed by atoms with Gasteiger partial charge in [-0.1, -0.05) is 34.8 Å². The van der Waals surface area contributed by atoms with E-state index in [2.05, 4.69) is 5.32 Å². The highest BCUT2D eigenvalue weighted by Gasteiger charge is 2.64. The molecule has 0 aliphatic carbocycles. The van der Waals surface area contributed by atoms with Crippen LogP contribution in [0.1, 0.15) is 26.7 Å². The molecule has 0 aromatic rings. The topological polar surface area (TPSA) is 113 Å². The predicted molar refractivity (Wildman–Crippen MR) is 96.1 cm³/mol. The Morgan fingerprint density at radius 3 is 2.46 bits per heavy atom. The lowest BCUT2D eigenvalue weighted by atomic mass is 9.96. The van der Waals surface area contributed by atoms with Gasteiger partial charge in [0.05, 0.1) is 6.42 Å². The fraction of sp³-hybridized carbons (Fsp3) is 0.714. The molecule has 2 saturated heterocycles. The number of ether oxygens (including phenoxy) is 1. The Labute approximate surface area is 168 Å². The van der Waals surface area contributed by atoms with Gasteiger partial charge >= 0.3 is 11.9 Å². The van der Waals surface area contributed by atoms with Gasteiger partial charge in [0.25, 0.3) is 0 Å². The van der Waals surface area contributed by atoms with Crippen molar-refractivity contribution in [3.63, 3.8) is 0 Å². The van der Waals surface area contributed by atoms with Gasteiger partial charge in [0.1, 0.15) is 24.1 Å². The van der Waals surface area contributed by atoms with E-state index < -0.39 is 56.4 Å². The van der Waals surface area contributed by atoms with Gasteiger partial charge in [-0.05, 0) is 13.8 Å². The van der Waals surface area contributed by atoms with Gasteiger partial charge in [0.2, 0.25) is 15.6 Å². The van der Waals surface area contributed by atoms with Crippen molar-refractivity contribution < 1.29 is 29.0 Å². The van der Waals surface area contributed by atoms with Gasteiger partial charge in [-0.3, -0.25) is 14.4 Å². The Kier molecular flexibility index (Phi) is 6.27. The molecule has 2 aliphatic rings. The van der Waals surface area contributed by atoms with Crippen LogP contribution in [-0.2, 0) is 23.9 Å². The van der Waals surface area contributed by atoms with Crippen molar-refractivity contribution in [2.24, 2.45) is 0 Å². The molecule has 0 saturated carbocycles. The van der Waals surface area contributed by atoms with Crippen molar-refractivity contribution in [2.45, 2.75) is 52.7 Å². The molecule has 2 rings (SSSR count). The average molecular weight is 448 g/mol. The van der Waals surface area contributed by atoms with Crippen LogP contribution in [0.2, 0.25) is 0 Å². The van der Waals surface area contributed by atoms with E-state index in [9.17, 15) is 19.2 Å². The van der Waals surface area contributed by atoms with Crippen LogP contribution in [0, 0.1) is 0 Å². The first kappa shape index (κ1) is 21.4. The molecule has 26 heavy (non-hydrogen) atoms. The molecule has 12 heteroatoms. The molecule has 146 valence electrons. The van der Waals surface area contributed by atoms with E-state index >= 15 is 0 Å². The molecule has 3 atom stereocenters. The number of alkyl halides is 3. The maximum atomic E-state index is 12.4. The zero-order valence-corrected chi connectivity index (χ0v) is 16.9. The van der Waals surface area contributed by atoms with Crippen molar-refractivity contribution >= 4 is 70.3 Å². The number of fused-ring (bicyclic) bond motifs is 1. The number of carbonyl (C=O) groups excluding carboxylic acids is 3. The highest BCUT2D eigenvalue weighted by atomic mass is 35.6. The van der Waals surface area contributed by atoms with Gasteiger partial charge in [-0.25, -0.2) is 4.79 Å². The molecule has 0 aromatic heterocycles. The fourth-order valence-corrected chi connectivity index (χ4v) is 4.61. The Hall–Kier alpha value is -0.900. The third-order valence-electron chi connectivity index (χ3n) is 3.92. The quantitative estimate of drug-likeness (QED) is 0.358. The SMILES string of the molecule is CC1(C)S[C@@H]2[C@H](NC(=O)CCC(=O)O)C(=O)N2[C@H]1C(=O)OCC(Cl)(Cl)Cl. The summed E-state index contributed by atoms with van der Waals surface area (Å²) in [5.74, 6) is -2.77. The average Bonchev–Trinajstić information content (AvgIpc) is 2.76. The van der Waals surface area contributed by atoms with Crippen LogP contribution in [0.15, 0.2) is 0 Å². The van der Waals surface area contributed by atoms with Crippen molar-refractivity contribution in [2.75, 3.05) is 6.61 Å². The number of esters is 1. The molecular weight excluding hydrogens is 431 g/mol. The normalized spacial score (nSPS) is 26.7. The highest BCUT2D eigenvalue weighted by molar-refractivity contribution is 8.01. The van der Waals surface area contributed by atoms with Crippen LogP contribution in [0.3, 0.4) is 0 Å². The summed E-state index contributed by atoms with van der Waals surface area (Å²) < 4.78 is 2.58. The van der Waals surface area contributed by atoms with Gasteiger partial charge in [-0.2, -0.15) is 0 Å². The zero-order chi connectivity index (χ0) is 19.9. The van der Waals surface area contributed by atoms with Crippen molar-refractivity contribution in [1.82, 2.24) is 10.2 Å². The molecule has 8 nitrogen and oxygen atoms in total. The number of thioether (sulfide) groups is 1. The summed E-state index contributed by atoms with van der Waals surface area (Å²) in [5.41, 5.74) is 0. The van der Waals surface area contributed by atoms with Gasteiger partial charge in [0, 0.05) is 11.2 Å². The Bertz CT molecular complexity index is 639. The minimum atomic E-state index is -1.76. The minimum Gasteiger partial charge on any atom is -0.481 e. The number of carboxylic acids is 1. The summed E-state index contributed by atoms with van der Waals surface area (Å²) in [4.78, 5) is 48.4. The van der Waals surface area contributed by atoms with Crippen molar-refractivity contribution in [3.8, 4) is 0 Å². The first-order chi connectivity index (χ1) is 11.8. The molecule has 0 unspecified atom stereocenters. The number of carboxylic acid groups (broad SMARTS) is 1. The van der Waals surface area contributed by atoms with E-state index in [1.165, 1.54) is 16.7 Å². The smallest absolute Gasteiger partial charge is 0.330 e. The molecule has 2 N–H and O–H groups in total. The monoisotopic (exact) mass is 446 g/mol. The number of amides is 2. The van der Waals surface area contributed by atoms with Crippen LogP contribution < -0.4 is 5.32 Å². The maximum absolute atomic E-state index is 12.4. The highest BCUT2D eigenvalue weighted by Crippen LogP contribution is 2.51. The van der Waals surface area contributed by atoms with E-state index in [0.717, 1.165) is 0 Å². The second-order valence-electron chi connectivity index (χ2n) is 6.42. The number of β-lactam (4-membered cyclic amide) rings is 1. The van der Waals surface area contributed by atoms with Crippen molar-refractivity contribution in [3.05, 3.63) is 0 Å². The molecular formula is C14H17Cl3N2O6S. The first-order valence-electron chi connectivity index (χ1n) is 7.58. The summed E-state index contributed by atoms with van der Waals surface area (Å²) in [5, 5.41) is 10.7. The fourth-order valence-electron chi connectivity index (χ4n) is 2.82. The van der Waals surface area contributed by atoms with Crippen LogP contribution in [0.5, 0.6) is 0 Å². The zero-order valence-electron chi connectivity index (χ0n) is 13.8. The molecule has 2 heterocycles. The van der Waals surface area contributed by atoms with Gasteiger partial charge < -0.3 is 20.1 Å². The number of halogens is 3. The van der Waals surface area contributed by atoms with E-state index in [4.69, 9.17) is 44.6 Å². The number of hydrogen-bond donors (Lipinski definition) is 2. The first-order valence-corrected chi connectivity index (χ1v) is 9.59. The maximum Gasteiger partial charge on any atom is 0.330 e. The summed E-state index contributed by atoms with van der Waals surface area (Å²) in [7, 11) is 0. The van der Waals surface area contributed by atoms with Crippen LogP contribution in [-0.4, -0.2) is 66.4 Å². The number of hydrogen-bond acceptors (Lipinski definition) is 6. The molecule has 0 bridgehead atoms.